The van der Waals surface area contributed by atoms with Gasteiger partial charge in [-0.15, -0.1) is 0 Å². The summed E-state index contributed by atoms with van der Waals surface area (Å²) in [4.78, 5) is 0. The summed E-state index contributed by atoms with van der Waals surface area (Å²) >= 11 is 0. The summed E-state index contributed by atoms with van der Waals surface area (Å²) in [5.74, 6) is 0. The second-order valence-corrected chi connectivity index (χ2v) is 0.224. The number of nitrogens with zero attached hydrogens (tertiary/aromatic N) is 2. The molecule has 0 aromatic carbocycles. The summed E-state index contributed by atoms with van der Waals surface area (Å²) in [5, 5.41) is 14.5. The van der Waals surface area contributed by atoms with E-state index >= 15 is 0 Å². The third-order valence-electron chi connectivity index (χ3n) is 0.0500. The van der Waals surface area contributed by atoms with Crippen molar-refractivity contribution in [2.45, 2.75) is 0 Å². The maximum Gasteiger partial charge on any atom is 0.181 e. The molecule has 0 aromatic heterocycles. The molecule has 0 atom stereocenters. The molecule has 0 aliphatic rings. The van der Waals surface area contributed by atoms with Crippen LogP contribution in [0.15, 0.2) is 0 Å². The van der Waals surface area contributed by atoms with Crippen LogP contribution < -0.4 is 0 Å². The van der Waals surface area contributed by atoms with Crippen LogP contribution in [-0.2, 0) is 20.4 Å². The molecule has 0 aliphatic heterocycles. The van der Waals surface area contributed by atoms with Gasteiger partial charge in [0.2, 0.25) is 0 Å². The molecule has 28 valence electrons. The molecule has 0 radical (unpaired) electrons. The van der Waals surface area contributed by atoms with Crippen molar-refractivity contribution in [1.82, 2.24) is 0 Å². The first-order chi connectivity index (χ1) is 1.91. The van der Waals surface area contributed by atoms with Gasteiger partial charge >= 0.3 is 0 Å². The molecule has 0 saturated heterocycles. The summed E-state index contributed by atoms with van der Waals surface area (Å²) < 4.78 is 0. The molecule has 0 unspecified atom stereocenters. The first-order valence-electron chi connectivity index (χ1n) is 0.697. The van der Waals surface area contributed by atoms with Crippen LogP contribution in [0.4, 0.5) is 0 Å². The second-order valence-electron chi connectivity index (χ2n) is 0.224. The van der Waals surface area contributed by atoms with Crippen LogP contribution in [0.5, 0.6) is 0 Å². The van der Waals surface area contributed by atoms with Gasteiger partial charge in [0.05, 0.1) is 0 Å². The smallest absolute Gasteiger partial charge is 0.181 e. The van der Waals surface area contributed by atoms with Gasteiger partial charge in [0, 0.05) is 20.4 Å². The van der Waals surface area contributed by atoms with Gasteiger partial charge in [0.1, 0.15) is 0 Å². The maximum atomic E-state index is 7.26. The molecule has 0 rings (SSSR count). The minimum Gasteiger partial charge on any atom is -0.181 e. The van der Waals surface area contributed by atoms with Crippen LogP contribution in [0, 0.1) is 22.7 Å². The van der Waals surface area contributed by atoms with E-state index in [2.05, 4.69) is 0 Å². The van der Waals surface area contributed by atoms with Crippen LogP contribution in [0.3, 0.4) is 0 Å². The van der Waals surface area contributed by atoms with E-state index in [1.807, 2.05) is 0 Å². The number of hydrogen-bond acceptors (Lipinski definition) is 2. The van der Waals surface area contributed by atoms with E-state index in [1.165, 1.54) is 12.1 Å². The fourth-order valence-electron chi connectivity index (χ4n) is 0. The fraction of sp³-hybridized carbons (Fsp3) is 0. The van der Waals surface area contributed by atoms with Gasteiger partial charge in [0.15, 0.2) is 12.1 Å². The van der Waals surface area contributed by atoms with Crippen molar-refractivity contribution in [3.8, 4) is 12.1 Å². The molecule has 0 aliphatic carbocycles. The fourth-order valence-corrected chi connectivity index (χ4v) is 0. The van der Waals surface area contributed by atoms with E-state index in [0.29, 0.717) is 0 Å². The molecule has 0 spiro atoms. The Morgan fingerprint density at radius 2 is 1.20 bits per heavy atom. The summed E-state index contributed by atoms with van der Waals surface area (Å²) in [6.07, 6.45) is 0. The SMILES string of the molecule is N#CC#N.[Pd]. The average molecular weight is 158 g/mol. The molecular weight excluding hydrogens is 158 g/mol. The van der Waals surface area contributed by atoms with Gasteiger partial charge in [-0.3, -0.25) is 0 Å². The van der Waals surface area contributed by atoms with E-state index in [1.54, 1.807) is 0 Å². The molecule has 0 amide bonds. The van der Waals surface area contributed by atoms with Gasteiger partial charge in [-0.05, 0) is 0 Å². The minimum absolute atomic E-state index is 0. The largest absolute Gasteiger partial charge is 0.181 e. The second kappa shape index (κ2) is 9.43. The minimum atomic E-state index is 0. The maximum absolute atomic E-state index is 7.26. The molecule has 0 fully saturated rings. The monoisotopic (exact) mass is 158 g/mol. The van der Waals surface area contributed by atoms with Gasteiger partial charge in [-0.1, -0.05) is 0 Å². The molecule has 0 bridgehead atoms. The van der Waals surface area contributed by atoms with Gasteiger partial charge < -0.3 is 0 Å². The van der Waals surface area contributed by atoms with Crippen molar-refractivity contribution >= 4 is 0 Å². The molecule has 3 heteroatoms. The Hall–Kier alpha value is -0.358. The predicted molar refractivity (Wildman–Crippen MR) is 11.2 cm³/mol. The molecule has 0 saturated carbocycles. The number of nitriles is 2. The van der Waals surface area contributed by atoms with Crippen molar-refractivity contribution in [2.24, 2.45) is 0 Å². The van der Waals surface area contributed by atoms with Crippen molar-refractivity contribution in [2.75, 3.05) is 0 Å². The normalized spacial score (nSPS) is 2.00. The Kier molecular flexibility index (Phi) is 16.6. The Labute approximate surface area is 43.7 Å². The number of rotatable bonds is 0. The van der Waals surface area contributed by atoms with Crippen LogP contribution >= 0.6 is 0 Å². The number of hydrogen-bond donors (Lipinski definition) is 0. The first kappa shape index (κ1) is 8.82. The van der Waals surface area contributed by atoms with Crippen molar-refractivity contribution < 1.29 is 20.4 Å². The van der Waals surface area contributed by atoms with Crippen LogP contribution in [-0.4, -0.2) is 0 Å². The van der Waals surface area contributed by atoms with E-state index in [4.69, 9.17) is 10.5 Å². The van der Waals surface area contributed by atoms with E-state index < -0.39 is 0 Å². The topological polar surface area (TPSA) is 47.6 Å². The van der Waals surface area contributed by atoms with Crippen LogP contribution in [0.2, 0.25) is 0 Å². The Bertz CT molecular complexity index is 62.6. The Balaban J connectivity index is 0. The zero-order valence-corrected chi connectivity index (χ0v) is 3.77. The Morgan fingerprint density at radius 3 is 1.20 bits per heavy atom. The predicted octanol–water partition coefficient (Wildman–Crippen LogP) is 0.0311. The average Bonchev–Trinajstić information content (AvgIpc) is 1.37. The third kappa shape index (κ3) is 23.8. The zero-order valence-electron chi connectivity index (χ0n) is 2.21. The molecule has 0 aromatic rings. The van der Waals surface area contributed by atoms with E-state index in [9.17, 15) is 0 Å². The van der Waals surface area contributed by atoms with Crippen LogP contribution in [0.1, 0.15) is 0 Å². The van der Waals surface area contributed by atoms with Crippen LogP contribution in [0.25, 0.3) is 0 Å². The first-order valence-corrected chi connectivity index (χ1v) is 0.697. The van der Waals surface area contributed by atoms with Crippen molar-refractivity contribution in [3.05, 3.63) is 0 Å². The van der Waals surface area contributed by atoms with Gasteiger partial charge in [-0.2, -0.15) is 10.5 Å². The quantitative estimate of drug-likeness (QED) is 0.467. The molecule has 2 nitrogen and oxygen atoms in total. The molecule has 0 heterocycles. The standard InChI is InChI=1S/C2N2.Pd/c3-1-2-4;. The summed E-state index contributed by atoms with van der Waals surface area (Å²) in [6.45, 7) is 0. The molecular formula is C2N2Pd. The third-order valence-corrected chi connectivity index (χ3v) is 0.0500. The van der Waals surface area contributed by atoms with E-state index in [-0.39, 0.29) is 20.4 Å². The molecule has 5 heavy (non-hydrogen) atoms. The Morgan fingerprint density at radius 1 is 1.00 bits per heavy atom. The van der Waals surface area contributed by atoms with E-state index in [0.717, 1.165) is 0 Å². The van der Waals surface area contributed by atoms with Crippen molar-refractivity contribution in [1.29, 1.82) is 10.5 Å². The van der Waals surface area contributed by atoms with Gasteiger partial charge in [0.25, 0.3) is 0 Å². The zero-order chi connectivity index (χ0) is 3.41. The summed E-state index contributed by atoms with van der Waals surface area (Å²) in [7, 11) is 0. The van der Waals surface area contributed by atoms with Crippen molar-refractivity contribution in [3.63, 3.8) is 0 Å². The summed E-state index contributed by atoms with van der Waals surface area (Å²) in [5.41, 5.74) is 0. The van der Waals surface area contributed by atoms with Gasteiger partial charge in [-0.25, -0.2) is 0 Å². The summed E-state index contributed by atoms with van der Waals surface area (Å²) in [6, 6.07) is 2.47. The molecule has 0 N–H and O–H groups in total.